The summed E-state index contributed by atoms with van der Waals surface area (Å²) in [6.45, 7) is 3.74. The molecule has 1 saturated heterocycles. The van der Waals surface area contributed by atoms with Gasteiger partial charge in [-0.3, -0.25) is 19.7 Å². The third-order valence-corrected chi connectivity index (χ3v) is 3.12. The van der Waals surface area contributed by atoms with E-state index in [1.807, 2.05) is 19.9 Å². The minimum Gasteiger partial charge on any atom is -0.353 e. The van der Waals surface area contributed by atoms with Gasteiger partial charge in [0.2, 0.25) is 11.8 Å². The van der Waals surface area contributed by atoms with Gasteiger partial charge in [0.05, 0.1) is 24.7 Å². The van der Waals surface area contributed by atoms with E-state index in [-0.39, 0.29) is 36.7 Å². The fraction of sp³-hybridized carbons (Fsp3) is 0.400. The van der Waals surface area contributed by atoms with Gasteiger partial charge in [0.25, 0.3) is 5.91 Å². The van der Waals surface area contributed by atoms with Crippen molar-refractivity contribution in [1.82, 2.24) is 10.6 Å². The van der Waals surface area contributed by atoms with Gasteiger partial charge < -0.3 is 5.32 Å². The Morgan fingerprint density at radius 2 is 1.95 bits per heavy atom. The highest BCUT2D eigenvalue weighted by Gasteiger charge is 2.39. The van der Waals surface area contributed by atoms with Crippen molar-refractivity contribution in [3.05, 3.63) is 30.3 Å². The maximum atomic E-state index is 12.3. The molecule has 0 radical (unpaired) electrons. The zero-order chi connectivity index (χ0) is 15.4. The summed E-state index contributed by atoms with van der Waals surface area (Å²) in [5, 5.41) is 5.57. The summed E-state index contributed by atoms with van der Waals surface area (Å²) in [7, 11) is 0. The van der Waals surface area contributed by atoms with Crippen LogP contribution < -0.4 is 15.5 Å². The van der Waals surface area contributed by atoms with Crippen molar-refractivity contribution in [2.24, 2.45) is 0 Å². The van der Waals surface area contributed by atoms with E-state index in [0.717, 1.165) is 4.90 Å². The Morgan fingerprint density at radius 1 is 1.29 bits per heavy atom. The number of hydrogen-bond acceptors (Lipinski definition) is 4. The molecule has 0 aromatic heterocycles. The van der Waals surface area contributed by atoms with E-state index in [4.69, 9.17) is 0 Å². The quantitative estimate of drug-likeness (QED) is 0.771. The number of imide groups is 1. The molecule has 2 rings (SSSR count). The number of para-hydroxylation sites is 1. The average molecular weight is 289 g/mol. The highest BCUT2D eigenvalue weighted by atomic mass is 16.2. The molecule has 1 aromatic carbocycles. The van der Waals surface area contributed by atoms with Gasteiger partial charge in [-0.25, -0.2) is 4.90 Å². The van der Waals surface area contributed by atoms with Gasteiger partial charge in [0, 0.05) is 6.04 Å². The zero-order valence-corrected chi connectivity index (χ0v) is 12.1. The van der Waals surface area contributed by atoms with Crippen LogP contribution in [0.4, 0.5) is 5.69 Å². The van der Waals surface area contributed by atoms with E-state index in [1.54, 1.807) is 24.3 Å². The molecule has 0 saturated carbocycles. The van der Waals surface area contributed by atoms with Crippen LogP contribution in [0.5, 0.6) is 0 Å². The third-order valence-electron chi connectivity index (χ3n) is 3.12. The van der Waals surface area contributed by atoms with Crippen LogP contribution in [0.15, 0.2) is 30.3 Å². The zero-order valence-electron chi connectivity index (χ0n) is 12.1. The Morgan fingerprint density at radius 3 is 2.57 bits per heavy atom. The maximum absolute atomic E-state index is 12.3. The monoisotopic (exact) mass is 289 g/mol. The summed E-state index contributed by atoms with van der Waals surface area (Å²) in [4.78, 5) is 37.0. The molecule has 3 amide bonds. The minimum absolute atomic E-state index is 0.0183. The number of nitrogens with one attached hydrogen (secondary N) is 2. The number of anilines is 1. The molecule has 112 valence electrons. The van der Waals surface area contributed by atoms with Gasteiger partial charge in [-0.1, -0.05) is 18.2 Å². The number of amides is 3. The number of benzene rings is 1. The second-order valence-electron chi connectivity index (χ2n) is 5.26. The fourth-order valence-corrected chi connectivity index (χ4v) is 2.23. The molecule has 2 N–H and O–H groups in total. The van der Waals surface area contributed by atoms with Crippen LogP contribution in [0.3, 0.4) is 0 Å². The number of hydrogen-bond donors (Lipinski definition) is 2. The molecular formula is C15H19N3O3. The smallest absolute Gasteiger partial charge is 0.251 e. The fourth-order valence-electron chi connectivity index (χ4n) is 2.23. The Balaban J connectivity index is 1.97. The summed E-state index contributed by atoms with van der Waals surface area (Å²) in [6.07, 6.45) is 0.0721. The standard InChI is InChI=1S/C15H19N3O3/c1-10(2)17-13(19)9-16-12-8-14(20)18(15(12)21)11-6-4-3-5-7-11/h3-7,10,12,16H,8-9H2,1-2H3,(H,17,19). The van der Waals surface area contributed by atoms with Crippen LogP contribution in [0.2, 0.25) is 0 Å². The van der Waals surface area contributed by atoms with E-state index in [1.165, 1.54) is 0 Å². The van der Waals surface area contributed by atoms with Gasteiger partial charge in [-0.05, 0) is 26.0 Å². The summed E-state index contributed by atoms with van der Waals surface area (Å²) in [5.74, 6) is -0.764. The lowest BCUT2D eigenvalue weighted by Gasteiger charge is -2.15. The molecule has 6 nitrogen and oxygen atoms in total. The van der Waals surface area contributed by atoms with Crippen LogP contribution >= 0.6 is 0 Å². The molecular weight excluding hydrogens is 270 g/mol. The molecule has 0 spiro atoms. The summed E-state index contributed by atoms with van der Waals surface area (Å²) in [5.41, 5.74) is 0.559. The van der Waals surface area contributed by atoms with Crippen LogP contribution in [0, 0.1) is 0 Å². The molecule has 1 aliphatic rings. The first kappa shape index (κ1) is 15.2. The van der Waals surface area contributed by atoms with Crippen molar-refractivity contribution in [2.75, 3.05) is 11.4 Å². The number of nitrogens with zero attached hydrogens (tertiary/aromatic N) is 1. The predicted octanol–water partition coefficient (Wildman–Crippen LogP) is 0.433. The summed E-state index contributed by atoms with van der Waals surface area (Å²) < 4.78 is 0. The van der Waals surface area contributed by atoms with Gasteiger partial charge >= 0.3 is 0 Å². The molecule has 21 heavy (non-hydrogen) atoms. The number of rotatable bonds is 5. The van der Waals surface area contributed by atoms with Crippen molar-refractivity contribution in [1.29, 1.82) is 0 Å². The summed E-state index contributed by atoms with van der Waals surface area (Å²) >= 11 is 0. The maximum Gasteiger partial charge on any atom is 0.251 e. The lowest BCUT2D eigenvalue weighted by molar-refractivity contribution is -0.121. The van der Waals surface area contributed by atoms with Crippen LogP contribution in [-0.2, 0) is 14.4 Å². The highest BCUT2D eigenvalue weighted by Crippen LogP contribution is 2.22. The molecule has 1 aromatic rings. The first-order chi connectivity index (χ1) is 9.99. The lowest BCUT2D eigenvalue weighted by atomic mass is 10.2. The lowest BCUT2D eigenvalue weighted by Crippen LogP contribution is -2.44. The first-order valence-electron chi connectivity index (χ1n) is 6.93. The van der Waals surface area contributed by atoms with Gasteiger partial charge in [-0.15, -0.1) is 0 Å². The van der Waals surface area contributed by atoms with E-state index < -0.39 is 6.04 Å². The van der Waals surface area contributed by atoms with Crippen molar-refractivity contribution < 1.29 is 14.4 Å². The molecule has 1 unspecified atom stereocenters. The molecule has 1 fully saturated rings. The van der Waals surface area contributed by atoms with E-state index in [9.17, 15) is 14.4 Å². The molecule has 0 aliphatic carbocycles. The molecule has 6 heteroatoms. The van der Waals surface area contributed by atoms with E-state index in [2.05, 4.69) is 10.6 Å². The first-order valence-corrected chi connectivity index (χ1v) is 6.93. The SMILES string of the molecule is CC(C)NC(=O)CNC1CC(=O)N(c2ccccc2)C1=O. The Bertz CT molecular complexity index is 542. The van der Waals surface area contributed by atoms with Gasteiger partial charge in [0.15, 0.2) is 0 Å². The Labute approximate surface area is 123 Å². The van der Waals surface area contributed by atoms with Crippen LogP contribution in [0.25, 0.3) is 0 Å². The molecule has 1 heterocycles. The Hall–Kier alpha value is -2.21. The molecule has 1 aliphatic heterocycles. The summed E-state index contributed by atoms with van der Waals surface area (Å²) in [6, 6.07) is 8.18. The van der Waals surface area contributed by atoms with Crippen molar-refractivity contribution >= 4 is 23.4 Å². The third kappa shape index (κ3) is 3.66. The average Bonchev–Trinajstić information content (AvgIpc) is 2.71. The van der Waals surface area contributed by atoms with Gasteiger partial charge in [-0.2, -0.15) is 0 Å². The second kappa shape index (κ2) is 6.49. The van der Waals surface area contributed by atoms with Gasteiger partial charge in [0.1, 0.15) is 0 Å². The van der Waals surface area contributed by atoms with Crippen LogP contribution in [0.1, 0.15) is 20.3 Å². The normalized spacial score (nSPS) is 18.4. The molecule has 1 atom stereocenters. The Kier molecular flexibility index (Phi) is 4.70. The number of carbonyl (C=O) groups is 3. The van der Waals surface area contributed by atoms with E-state index >= 15 is 0 Å². The largest absolute Gasteiger partial charge is 0.353 e. The van der Waals surface area contributed by atoms with Crippen molar-refractivity contribution in [3.63, 3.8) is 0 Å². The predicted molar refractivity (Wildman–Crippen MR) is 78.6 cm³/mol. The number of carbonyl (C=O) groups excluding carboxylic acids is 3. The van der Waals surface area contributed by atoms with Crippen molar-refractivity contribution in [3.8, 4) is 0 Å². The topological polar surface area (TPSA) is 78.5 Å². The van der Waals surface area contributed by atoms with Crippen molar-refractivity contribution in [2.45, 2.75) is 32.4 Å². The molecule has 0 bridgehead atoms. The highest BCUT2D eigenvalue weighted by molar-refractivity contribution is 6.22. The van der Waals surface area contributed by atoms with Crippen LogP contribution in [-0.4, -0.2) is 36.3 Å². The second-order valence-corrected chi connectivity index (χ2v) is 5.26. The minimum atomic E-state index is -0.643. The van der Waals surface area contributed by atoms with E-state index in [0.29, 0.717) is 5.69 Å².